The minimum absolute atomic E-state index is 0.0596. The molecule has 0 aliphatic rings. The van der Waals surface area contributed by atoms with Crippen LogP contribution in [0.5, 0.6) is 11.5 Å². The predicted molar refractivity (Wildman–Crippen MR) is 81.7 cm³/mol. The molecule has 2 rings (SSSR count). The lowest BCUT2D eigenvalue weighted by molar-refractivity contribution is -0.0505. The van der Waals surface area contributed by atoms with Gasteiger partial charge in [0.15, 0.2) is 0 Å². The first-order valence-corrected chi connectivity index (χ1v) is 7.61. The summed E-state index contributed by atoms with van der Waals surface area (Å²) in [6.07, 6.45) is 0. The standard InChI is InChI=1S/C15H18F2N2O2S/c1-9(13-8-22-19-10(13)2)18-7-11-6-12(20-3)4-5-14(11)21-15(16)17/h4-6,8-9,15,18H,7H2,1-3H3. The molecule has 1 aromatic carbocycles. The van der Waals surface area contributed by atoms with Crippen molar-refractivity contribution in [2.75, 3.05) is 7.11 Å². The predicted octanol–water partition coefficient (Wildman–Crippen LogP) is 3.91. The summed E-state index contributed by atoms with van der Waals surface area (Å²) in [4.78, 5) is 0. The number of alkyl halides is 2. The molecule has 1 unspecified atom stereocenters. The number of benzene rings is 1. The number of nitrogens with zero attached hydrogens (tertiary/aromatic N) is 1. The Labute approximate surface area is 132 Å². The van der Waals surface area contributed by atoms with Gasteiger partial charge in [-0.05, 0) is 43.6 Å². The van der Waals surface area contributed by atoms with Crippen molar-refractivity contribution in [1.82, 2.24) is 9.69 Å². The van der Waals surface area contributed by atoms with Crippen LogP contribution >= 0.6 is 11.5 Å². The Morgan fingerprint density at radius 1 is 1.36 bits per heavy atom. The molecule has 1 aromatic heterocycles. The lowest BCUT2D eigenvalue weighted by atomic mass is 10.1. The summed E-state index contributed by atoms with van der Waals surface area (Å²) in [5.74, 6) is 0.745. The van der Waals surface area contributed by atoms with E-state index >= 15 is 0 Å². The summed E-state index contributed by atoms with van der Waals surface area (Å²) in [6.45, 7) is 1.48. The second-order valence-corrected chi connectivity index (χ2v) is 5.44. The number of nitrogens with one attached hydrogen (secondary N) is 1. The second kappa shape index (κ2) is 7.51. The number of rotatable bonds is 7. The molecule has 22 heavy (non-hydrogen) atoms. The van der Waals surface area contributed by atoms with E-state index in [9.17, 15) is 8.78 Å². The van der Waals surface area contributed by atoms with Gasteiger partial charge in [-0.2, -0.15) is 13.2 Å². The Hall–Kier alpha value is -1.73. The van der Waals surface area contributed by atoms with Gasteiger partial charge in [-0.3, -0.25) is 0 Å². The van der Waals surface area contributed by atoms with Crippen molar-refractivity contribution >= 4 is 11.5 Å². The first kappa shape index (κ1) is 16.6. The normalized spacial score (nSPS) is 12.5. The number of hydrogen-bond donors (Lipinski definition) is 1. The monoisotopic (exact) mass is 328 g/mol. The molecule has 0 saturated heterocycles. The molecule has 0 bridgehead atoms. The second-order valence-electron chi connectivity index (χ2n) is 4.81. The first-order valence-electron chi connectivity index (χ1n) is 6.77. The van der Waals surface area contributed by atoms with Crippen LogP contribution in [0, 0.1) is 6.92 Å². The topological polar surface area (TPSA) is 43.4 Å². The molecule has 0 fully saturated rings. The molecule has 1 N–H and O–H groups in total. The number of aryl methyl sites for hydroxylation is 1. The summed E-state index contributed by atoms with van der Waals surface area (Å²) in [7, 11) is 1.53. The molecule has 0 aliphatic carbocycles. The quantitative estimate of drug-likeness (QED) is 0.837. The van der Waals surface area contributed by atoms with Gasteiger partial charge in [0.25, 0.3) is 0 Å². The number of hydrogen-bond acceptors (Lipinski definition) is 5. The van der Waals surface area contributed by atoms with E-state index in [1.165, 1.54) is 24.7 Å². The lowest BCUT2D eigenvalue weighted by Gasteiger charge is -2.16. The van der Waals surface area contributed by atoms with Crippen LogP contribution in [0.1, 0.15) is 29.8 Å². The molecular formula is C15H18F2N2O2S. The van der Waals surface area contributed by atoms with Gasteiger partial charge in [-0.1, -0.05) is 0 Å². The van der Waals surface area contributed by atoms with E-state index in [0.717, 1.165) is 11.3 Å². The van der Waals surface area contributed by atoms with E-state index in [-0.39, 0.29) is 11.8 Å². The van der Waals surface area contributed by atoms with Gasteiger partial charge in [0.2, 0.25) is 0 Å². The van der Waals surface area contributed by atoms with Gasteiger partial charge < -0.3 is 14.8 Å². The highest BCUT2D eigenvalue weighted by Gasteiger charge is 2.14. The minimum Gasteiger partial charge on any atom is -0.497 e. The average molecular weight is 328 g/mol. The molecule has 0 aliphatic heterocycles. The van der Waals surface area contributed by atoms with Crippen molar-refractivity contribution in [3.63, 3.8) is 0 Å². The number of ether oxygens (including phenoxy) is 2. The van der Waals surface area contributed by atoms with E-state index in [4.69, 9.17) is 4.74 Å². The molecule has 0 amide bonds. The van der Waals surface area contributed by atoms with Crippen LogP contribution in [0.3, 0.4) is 0 Å². The highest BCUT2D eigenvalue weighted by Crippen LogP contribution is 2.27. The van der Waals surface area contributed by atoms with Crippen molar-refractivity contribution in [2.45, 2.75) is 33.0 Å². The first-order chi connectivity index (χ1) is 10.5. The molecule has 7 heteroatoms. The summed E-state index contributed by atoms with van der Waals surface area (Å²) in [6, 6.07) is 4.84. The van der Waals surface area contributed by atoms with E-state index < -0.39 is 6.61 Å². The van der Waals surface area contributed by atoms with Crippen LogP contribution in [0.2, 0.25) is 0 Å². The van der Waals surface area contributed by atoms with Crippen molar-refractivity contribution in [3.8, 4) is 11.5 Å². The maximum absolute atomic E-state index is 12.5. The zero-order chi connectivity index (χ0) is 16.1. The Kier molecular flexibility index (Phi) is 5.68. The zero-order valence-corrected chi connectivity index (χ0v) is 13.4. The van der Waals surface area contributed by atoms with E-state index in [2.05, 4.69) is 14.4 Å². The minimum atomic E-state index is -2.85. The van der Waals surface area contributed by atoms with Crippen molar-refractivity contribution in [1.29, 1.82) is 0 Å². The van der Waals surface area contributed by atoms with Crippen LogP contribution in [0.15, 0.2) is 23.6 Å². The van der Waals surface area contributed by atoms with Crippen molar-refractivity contribution in [3.05, 3.63) is 40.4 Å². The number of halogens is 2. The molecule has 0 saturated carbocycles. The fourth-order valence-electron chi connectivity index (χ4n) is 2.12. The Morgan fingerprint density at radius 3 is 2.73 bits per heavy atom. The van der Waals surface area contributed by atoms with Gasteiger partial charge in [0.05, 0.1) is 12.8 Å². The molecule has 0 spiro atoms. The van der Waals surface area contributed by atoms with Crippen LogP contribution in [0.4, 0.5) is 8.78 Å². The van der Waals surface area contributed by atoms with Gasteiger partial charge in [-0.15, -0.1) is 0 Å². The van der Waals surface area contributed by atoms with Gasteiger partial charge in [0, 0.05) is 29.1 Å². The van der Waals surface area contributed by atoms with Crippen molar-refractivity contribution in [2.24, 2.45) is 0 Å². The third-order valence-electron chi connectivity index (χ3n) is 3.34. The average Bonchev–Trinajstić information content (AvgIpc) is 2.91. The number of aromatic nitrogens is 1. The van der Waals surface area contributed by atoms with Crippen LogP contribution in [0.25, 0.3) is 0 Å². The SMILES string of the molecule is COc1ccc(OC(F)F)c(CNC(C)c2csnc2C)c1. The maximum atomic E-state index is 12.5. The van der Waals surface area contributed by atoms with Crippen LogP contribution < -0.4 is 14.8 Å². The molecular weight excluding hydrogens is 310 g/mol. The van der Waals surface area contributed by atoms with Crippen LogP contribution in [-0.4, -0.2) is 18.1 Å². The van der Waals surface area contributed by atoms with E-state index in [1.807, 2.05) is 19.2 Å². The van der Waals surface area contributed by atoms with E-state index in [0.29, 0.717) is 17.9 Å². The third kappa shape index (κ3) is 4.14. The smallest absolute Gasteiger partial charge is 0.387 e. The third-order valence-corrected chi connectivity index (χ3v) is 4.07. The summed E-state index contributed by atoms with van der Waals surface area (Å²) in [5, 5.41) is 5.27. The summed E-state index contributed by atoms with van der Waals surface area (Å²) in [5.41, 5.74) is 2.69. The fourth-order valence-corrected chi connectivity index (χ4v) is 2.92. The van der Waals surface area contributed by atoms with Crippen LogP contribution in [-0.2, 0) is 6.54 Å². The Bertz CT molecular complexity index is 619. The summed E-state index contributed by atoms with van der Waals surface area (Å²) >= 11 is 1.40. The molecule has 0 radical (unpaired) electrons. The summed E-state index contributed by atoms with van der Waals surface area (Å²) < 4.78 is 38.9. The van der Waals surface area contributed by atoms with Gasteiger partial charge in [0.1, 0.15) is 11.5 Å². The fraction of sp³-hybridized carbons (Fsp3) is 0.400. The van der Waals surface area contributed by atoms with Crippen molar-refractivity contribution < 1.29 is 18.3 Å². The highest BCUT2D eigenvalue weighted by molar-refractivity contribution is 7.03. The molecule has 4 nitrogen and oxygen atoms in total. The van der Waals surface area contributed by atoms with E-state index in [1.54, 1.807) is 12.1 Å². The van der Waals surface area contributed by atoms with Gasteiger partial charge in [-0.25, -0.2) is 0 Å². The molecule has 1 heterocycles. The highest BCUT2D eigenvalue weighted by atomic mass is 32.1. The largest absolute Gasteiger partial charge is 0.497 e. The zero-order valence-electron chi connectivity index (χ0n) is 12.6. The van der Waals surface area contributed by atoms with Gasteiger partial charge >= 0.3 is 6.61 Å². The number of methoxy groups -OCH3 is 1. The lowest BCUT2D eigenvalue weighted by Crippen LogP contribution is -2.19. The molecule has 2 aromatic rings. The molecule has 120 valence electrons. The Morgan fingerprint density at radius 2 is 2.14 bits per heavy atom. The molecule has 1 atom stereocenters. The Balaban J connectivity index is 2.11. The maximum Gasteiger partial charge on any atom is 0.387 e.